The first-order chi connectivity index (χ1) is 8.08. The zero-order chi connectivity index (χ0) is 13.5. The summed E-state index contributed by atoms with van der Waals surface area (Å²) in [7, 11) is 0. The Balaban J connectivity index is 0. The highest BCUT2D eigenvalue weighted by atomic mass is 16.6. The van der Waals surface area contributed by atoms with Crippen LogP contribution in [0.4, 0.5) is 0 Å². The van der Waals surface area contributed by atoms with Gasteiger partial charge in [-0.05, 0) is 0 Å². The van der Waals surface area contributed by atoms with E-state index < -0.39 is 5.97 Å². The van der Waals surface area contributed by atoms with Gasteiger partial charge in [0.2, 0.25) is 0 Å². The van der Waals surface area contributed by atoms with E-state index in [-0.39, 0.29) is 5.97 Å². The molecule has 0 spiro atoms. The lowest BCUT2D eigenvalue weighted by molar-refractivity contribution is -0.157. The number of ether oxygens (including phenoxy) is 2. The van der Waals surface area contributed by atoms with Crippen LogP contribution in [0.1, 0.15) is 6.42 Å². The Morgan fingerprint density at radius 1 is 1.41 bits per heavy atom. The molecule has 0 atom stereocenters. The Morgan fingerprint density at radius 3 is 1.71 bits per heavy atom. The lowest BCUT2D eigenvalue weighted by atomic mass is 10.4. The van der Waals surface area contributed by atoms with Crippen molar-refractivity contribution in [3.63, 3.8) is 0 Å². The Hall–Kier alpha value is -2.13. The van der Waals surface area contributed by atoms with Crippen LogP contribution in [0.5, 0.6) is 0 Å². The molecule has 0 aromatic heterocycles. The van der Waals surface area contributed by atoms with E-state index in [2.05, 4.69) is 22.6 Å². The van der Waals surface area contributed by atoms with Gasteiger partial charge in [-0.2, -0.15) is 5.26 Å². The summed E-state index contributed by atoms with van der Waals surface area (Å²) in [6, 6.07) is 1.69. The maximum Gasteiger partial charge on any atom is 0.327 e. The van der Waals surface area contributed by atoms with Crippen molar-refractivity contribution < 1.29 is 24.2 Å². The topological polar surface area (TPSA) is 99.9 Å². The average molecular weight is 241 g/mol. The van der Waals surface area contributed by atoms with Gasteiger partial charge in [0.1, 0.15) is 6.61 Å². The summed E-state index contributed by atoms with van der Waals surface area (Å²) in [5, 5.41) is 15.1. The maximum absolute atomic E-state index is 9.68. The molecule has 6 heteroatoms. The molecular weight excluding hydrogens is 226 g/mol. The summed E-state index contributed by atoms with van der Waals surface area (Å²) in [4.78, 5) is 18.9. The average Bonchev–Trinajstić information content (AvgIpc) is 3.15. The summed E-state index contributed by atoms with van der Waals surface area (Å²) in [5.41, 5.74) is 0. The molecule has 94 valence electrons. The number of allylic oxidation sites excluding steroid dienone is 1. The predicted molar refractivity (Wildman–Crippen MR) is 60.0 cm³/mol. The minimum absolute atomic E-state index is 0.0648. The van der Waals surface area contributed by atoms with Gasteiger partial charge in [0, 0.05) is 12.2 Å². The number of carboxylic acids is 1. The van der Waals surface area contributed by atoms with Crippen LogP contribution in [0.15, 0.2) is 25.3 Å². The Kier molecular flexibility index (Phi) is 14.1. The van der Waals surface area contributed by atoms with Crippen LogP contribution in [-0.4, -0.2) is 36.9 Å². The molecule has 0 aliphatic carbocycles. The van der Waals surface area contributed by atoms with E-state index >= 15 is 0 Å². The Labute approximate surface area is 99.8 Å². The fourth-order valence-corrected chi connectivity index (χ4v) is 0.185. The number of cyclic esters (lactones) is 1. The van der Waals surface area contributed by atoms with E-state index in [0.717, 1.165) is 19.3 Å². The highest BCUT2D eigenvalue weighted by Crippen LogP contribution is 1.97. The van der Waals surface area contributed by atoms with Crippen molar-refractivity contribution in [2.45, 2.75) is 6.42 Å². The number of hydrogen-bond donors (Lipinski definition) is 1. The van der Waals surface area contributed by atoms with Gasteiger partial charge in [-0.25, -0.2) is 4.79 Å². The number of epoxide rings is 1. The van der Waals surface area contributed by atoms with Crippen LogP contribution in [-0.2, 0) is 19.1 Å². The third-order valence-electron chi connectivity index (χ3n) is 1.04. The molecule has 2 aliphatic heterocycles. The number of nitriles is 1. The van der Waals surface area contributed by atoms with Crippen LogP contribution in [0.2, 0.25) is 0 Å². The second-order valence-corrected chi connectivity index (χ2v) is 2.46. The quantitative estimate of drug-likeness (QED) is 0.317. The molecule has 2 aliphatic rings. The first-order valence-corrected chi connectivity index (χ1v) is 4.67. The molecule has 17 heavy (non-hydrogen) atoms. The summed E-state index contributed by atoms with van der Waals surface area (Å²) in [5.74, 6) is -1.05. The van der Waals surface area contributed by atoms with E-state index in [0.29, 0.717) is 13.0 Å². The van der Waals surface area contributed by atoms with Gasteiger partial charge in [-0.1, -0.05) is 13.2 Å². The first-order valence-electron chi connectivity index (χ1n) is 4.67. The molecule has 0 bridgehead atoms. The Morgan fingerprint density at radius 2 is 1.71 bits per heavy atom. The van der Waals surface area contributed by atoms with Crippen LogP contribution < -0.4 is 0 Å². The third kappa shape index (κ3) is 31.6. The minimum Gasteiger partial charge on any atom is -0.478 e. The van der Waals surface area contributed by atoms with Crippen molar-refractivity contribution in [2.75, 3.05) is 19.8 Å². The fraction of sp³-hybridized carbons (Fsp3) is 0.364. The summed E-state index contributed by atoms with van der Waals surface area (Å²) in [6.07, 6.45) is 2.64. The van der Waals surface area contributed by atoms with Gasteiger partial charge >= 0.3 is 11.9 Å². The standard InChI is InChI=1S/C3H3N.2C3H4O2.C2H4O/c1-2-3-4;4-3-1-2-5-3;1-2-3(4)5;1-2-3-1/h2H,1H2;1-2H2;2H,1H2,(H,4,5);1-2H2. The number of aliphatic carboxylic acids is 1. The number of carboxylic acid groups (broad SMARTS) is 1. The third-order valence-corrected chi connectivity index (χ3v) is 1.04. The first kappa shape index (κ1) is 17.3. The van der Waals surface area contributed by atoms with Crippen LogP contribution >= 0.6 is 0 Å². The normalized spacial score (nSPS) is 13.0. The highest BCUT2D eigenvalue weighted by molar-refractivity contribution is 5.78. The summed E-state index contributed by atoms with van der Waals surface area (Å²) >= 11 is 0. The smallest absolute Gasteiger partial charge is 0.327 e. The highest BCUT2D eigenvalue weighted by Gasteiger charge is 2.10. The van der Waals surface area contributed by atoms with Crippen molar-refractivity contribution in [1.82, 2.24) is 0 Å². The van der Waals surface area contributed by atoms with Crippen LogP contribution in [0, 0.1) is 11.3 Å². The molecule has 6 nitrogen and oxygen atoms in total. The zero-order valence-electron chi connectivity index (χ0n) is 9.42. The summed E-state index contributed by atoms with van der Waals surface area (Å²) < 4.78 is 8.79. The lowest BCUT2D eigenvalue weighted by Crippen LogP contribution is -2.18. The maximum atomic E-state index is 9.68. The van der Waals surface area contributed by atoms with Gasteiger partial charge in [-0.15, -0.1) is 0 Å². The van der Waals surface area contributed by atoms with Crippen LogP contribution in [0.3, 0.4) is 0 Å². The number of nitrogens with zero attached hydrogens (tertiary/aromatic N) is 1. The molecule has 2 rings (SSSR count). The largest absolute Gasteiger partial charge is 0.478 e. The van der Waals surface area contributed by atoms with Gasteiger partial charge in [0.05, 0.1) is 25.7 Å². The van der Waals surface area contributed by atoms with Gasteiger partial charge in [0.15, 0.2) is 0 Å². The van der Waals surface area contributed by atoms with Gasteiger partial charge < -0.3 is 14.6 Å². The SMILES string of the molecule is C1CO1.C=CC#N.C=CC(=O)O.O=C1CCO1. The number of rotatable bonds is 1. The molecule has 0 saturated carbocycles. The lowest BCUT2D eigenvalue weighted by Gasteiger charge is -2.09. The number of carbonyl (C=O) groups excluding carboxylic acids is 1. The minimum atomic E-state index is -0.981. The molecule has 0 unspecified atom stereocenters. The molecule has 2 heterocycles. The van der Waals surface area contributed by atoms with E-state index in [1.807, 2.05) is 0 Å². The van der Waals surface area contributed by atoms with Crippen molar-refractivity contribution in [1.29, 1.82) is 5.26 Å². The zero-order valence-corrected chi connectivity index (χ0v) is 9.42. The van der Waals surface area contributed by atoms with Crippen molar-refractivity contribution >= 4 is 11.9 Å². The van der Waals surface area contributed by atoms with E-state index in [9.17, 15) is 9.59 Å². The molecule has 2 fully saturated rings. The second kappa shape index (κ2) is 13.9. The molecular formula is C11H15NO5. The molecule has 2 saturated heterocycles. The van der Waals surface area contributed by atoms with Crippen molar-refractivity contribution in [3.05, 3.63) is 25.3 Å². The van der Waals surface area contributed by atoms with Gasteiger partial charge in [0.25, 0.3) is 0 Å². The Bertz CT molecular complexity index is 282. The molecule has 0 radical (unpaired) electrons. The monoisotopic (exact) mass is 241 g/mol. The number of esters is 1. The predicted octanol–water partition coefficient (Wildman–Crippen LogP) is 0.903. The molecule has 0 amide bonds. The molecule has 0 aromatic rings. The van der Waals surface area contributed by atoms with Crippen LogP contribution in [0.25, 0.3) is 0 Å². The summed E-state index contributed by atoms with van der Waals surface area (Å²) in [6.45, 7) is 8.72. The van der Waals surface area contributed by atoms with Gasteiger partial charge in [-0.3, -0.25) is 4.79 Å². The van der Waals surface area contributed by atoms with E-state index in [4.69, 9.17) is 10.4 Å². The number of carbonyl (C=O) groups is 2. The molecule has 0 aromatic carbocycles. The fourth-order valence-electron chi connectivity index (χ4n) is 0.185. The molecule has 1 N–H and O–H groups in total. The van der Waals surface area contributed by atoms with Crippen molar-refractivity contribution in [3.8, 4) is 6.07 Å². The number of hydrogen-bond acceptors (Lipinski definition) is 5. The van der Waals surface area contributed by atoms with E-state index in [1.54, 1.807) is 6.07 Å². The van der Waals surface area contributed by atoms with E-state index in [1.165, 1.54) is 6.08 Å². The second-order valence-electron chi connectivity index (χ2n) is 2.46. The van der Waals surface area contributed by atoms with Crippen molar-refractivity contribution in [2.24, 2.45) is 0 Å².